The van der Waals surface area contributed by atoms with Gasteiger partial charge in [0.2, 0.25) is 5.91 Å². The van der Waals surface area contributed by atoms with Gasteiger partial charge in [0.25, 0.3) is 0 Å². The topological polar surface area (TPSA) is 65.4 Å². The molecule has 0 spiro atoms. The molecule has 0 unspecified atom stereocenters. The minimum atomic E-state index is -0.125. The van der Waals surface area contributed by atoms with Gasteiger partial charge in [0.1, 0.15) is 6.61 Å². The van der Waals surface area contributed by atoms with Gasteiger partial charge in [-0.1, -0.05) is 42.5 Å². The Morgan fingerprint density at radius 2 is 1.93 bits per heavy atom. The van der Waals surface area contributed by atoms with Crippen LogP contribution < -0.4 is 14.8 Å². The molecule has 7 heteroatoms. The van der Waals surface area contributed by atoms with Crippen LogP contribution in [0.4, 0.5) is 5.69 Å². The summed E-state index contributed by atoms with van der Waals surface area (Å²) in [6.07, 6.45) is 3.33. The Morgan fingerprint density at radius 3 is 2.79 bits per heavy atom. The number of para-hydroxylation sites is 2. The molecule has 0 saturated heterocycles. The maximum absolute atomic E-state index is 12.1. The molecule has 1 aliphatic heterocycles. The second kappa shape index (κ2) is 8.84. The van der Waals surface area contributed by atoms with E-state index in [4.69, 9.17) is 9.47 Å². The number of amides is 1. The molecule has 2 aromatic carbocycles. The molecule has 2 heterocycles. The predicted molar refractivity (Wildman–Crippen MR) is 110 cm³/mol. The van der Waals surface area contributed by atoms with Crippen LogP contribution in [-0.4, -0.2) is 34.2 Å². The molecule has 0 bridgehead atoms. The summed E-state index contributed by atoms with van der Waals surface area (Å²) in [6.45, 7) is 1.02. The van der Waals surface area contributed by atoms with Gasteiger partial charge in [0.05, 0.1) is 24.2 Å². The fraction of sp³-hybridized carbons (Fsp3) is 0.238. The number of hydrogen-bond acceptors (Lipinski definition) is 5. The Hall–Kier alpha value is -2.93. The van der Waals surface area contributed by atoms with Gasteiger partial charge in [-0.25, -0.2) is 0 Å². The number of benzene rings is 2. The Kier molecular flexibility index (Phi) is 5.82. The third-order valence-electron chi connectivity index (χ3n) is 4.22. The second-order valence-corrected chi connectivity index (χ2v) is 7.46. The van der Waals surface area contributed by atoms with Crippen molar-refractivity contribution in [3.8, 4) is 11.5 Å². The smallest absolute Gasteiger partial charge is 0.234 e. The zero-order valence-electron chi connectivity index (χ0n) is 15.3. The molecule has 1 N–H and O–H groups in total. The molecule has 144 valence electrons. The molecule has 1 amide bonds. The van der Waals surface area contributed by atoms with E-state index in [0.717, 1.165) is 17.3 Å². The molecule has 3 aromatic rings. The van der Waals surface area contributed by atoms with Gasteiger partial charge < -0.3 is 14.8 Å². The average Bonchev–Trinajstić information content (AvgIpc) is 3.15. The molecule has 6 nitrogen and oxygen atoms in total. The minimum Gasteiger partial charge on any atom is -0.486 e. The number of rotatable bonds is 7. The van der Waals surface area contributed by atoms with E-state index in [1.807, 2.05) is 48.7 Å². The Labute approximate surface area is 167 Å². The number of anilines is 1. The predicted octanol–water partition coefficient (Wildman–Crippen LogP) is 3.60. The van der Waals surface area contributed by atoms with Gasteiger partial charge in [-0.3, -0.25) is 9.48 Å². The summed E-state index contributed by atoms with van der Waals surface area (Å²) in [7, 11) is 0. The summed E-state index contributed by atoms with van der Waals surface area (Å²) >= 11 is 1.59. The lowest BCUT2D eigenvalue weighted by molar-refractivity contribution is -0.113. The first kappa shape index (κ1) is 18.4. The molecule has 0 aliphatic carbocycles. The molecular formula is C21H21N3O3S. The van der Waals surface area contributed by atoms with Gasteiger partial charge in [0.15, 0.2) is 17.6 Å². The SMILES string of the molecule is O=C(CSCc1ccccc1)Nc1cnn(C[C@@H]2COc3ccccc3O2)c1. The minimum absolute atomic E-state index is 0.0355. The van der Waals surface area contributed by atoms with Crippen LogP contribution in [0.25, 0.3) is 0 Å². The molecule has 1 aromatic heterocycles. The largest absolute Gasteiger partial charge is 0.486 e. The first-order valence-corrected chi connectivity index (χ1v) is 10.2. The number of fused-ring (bicyclic) bond motifs is 1. The van der Waals surface area contributed by atoms with E-state index in [9.17, 15) is 4.79 Å². The van der Waals surface area contributed by atoms with Crippen molar-refractivity contribution in [1.82, 2.24) is 9.78 Å². The molecule has 0 radical (unpaired) electrons. The number of hydrogen-bond donors (Lipinski definition) is 1. The zero-order valence-corrected chi connectivity index (χ0v) is 16.1. The van der Waals surface area contributed by atoms with Gasteiger partial charge in [-0.2, -0.15) is 5.10 Å². The van der Waals surface area contributed by atoms with Crippen molar-refractivity contribution in [2.24, 2.45) is 0 Å². The highest BCUT2D eigenvalue weighted by molar-refractivity contribution is 7.99. The lowest BCUT2D eigenvalue weighted by Gasteiger charge is -2.26. The number of carbonyl (C=O) groups excluding carboxylic acids is 1. The highest BCUT2D eigenvalue weighted by atomic mass is 32.2. The normalized spacial score (nSPS) is 15.2. The van der Waals surface area contributed by atoms with E-state index in [-0.39, 0.29) is 12.0 Å². The van der Waals surface area contributed by atoms with Crippen molar-refractivity contribution >= 4 is 23.4 Å². The van der Waals surface area contributed by atoms with Crippen molar-refractivity contribution in [1.29, 1.82) is 0 Å². The van der Waals surface area contributed by atoms with Crippen LogP contribution in [0.15, 0.2) is 67.0 Å². The molecular weight excluding hydrogens is 374 g/mol. The first-order valence-electron chi connectivity index (χ1n) is 9.09. The fourth-order valence-electron chi connectivity index (χ4n) is 2.92. The molecule has 1 aliphatic rings. The van der Waals surface area contributed by atoms with Crippen LogP contribution in [0.3, 0.4) is 0 Å². The number of aromatic nitrogens is 2. The number of ether oxygens (including phenoxy) is 2. The third-order valence-corrected chi connectivity index (χ3v) is 5.22. The summed E-state index contributed by atoms with van der Waals surface area (Å²) in [5, 5.41) is 7.19. The maximum atomic E-state index is 12.1. The van der Waals surface area contributed by atoms with Crippen molar-refractivity contribution in [2.75, 3.05) is 17.7 Å². The van der Waals surface area contributed by atoms with Crippen molar-refractivity contribution in [3.63, 3.8) is 0 Å². The van der Waals surface area contributed by atoms with E-state index < -0.39 is 0 Å². The first-order chi connectivity index (χ1) is 13.8. The van der Waals surface area contributed by atoms with E-state index in [0.29, 0.717) is 24.6 Å². The summed E-state index contributed by atoms with van der Waals surface area (Å²) in [5.41, 5.74) is 1.90. The Morgan fingerprint density at radius 1 is 1.14 bits per heavy atom. The third kappa shape index (κ3) is 4.86. The number of thioether (sulfide) groups is 1. The summed E-state index contributed by atoms with van der Waals surface area (Å²) < 4.78 is 13.4. The number of nitrogens with one attached hydrogen (secondary N) is 1. The summed E-state index contributed by atoms with van der Waals surface area (Å²) in [5.74, 6) is 2.69. The van der Waals surface area contributed by atoms with Crippen molar-refractivity contribution in [2.45, 2.75) is 18.4 Å². The van der Waals surface area contributed by atoms with Gasteiger partial charge in [-0.15, -0.1) is 11.8 Å². The van der Waals surface area contributed by atoms with E-state index in [1.165, 1.54) is 5.56 Å². The number of nitrogens with zero attached hydrogens (tertiary/aromatic N) is 2. The molecule has 4 rings (SSSR count). The fourth-order valence-corrected chi connectivity index (χ4v) is 3.71. The highest BCUT2D eigenvalue weighted by Gasteiger charge is 2.21. The molecule has 0 saturated carbocycles. The maximum Gasteiger partial charge on any atom is 0.234 e. The lowest BCUT2D eigenvalue weighted by atomic mass is 10.2. The quantitative estimate of drug-likeness (QED) is 0.662. The lowest BCUT2D eigenvalue weighted by Crippen LogP contribution is -2.33. The van der Waals surface area contributed by atoms with Crippen molar-refractivity contribution in [3.05, 3.63) is 72.6 Å². The van der Waals surface area contributed by atoms with Crippen LogP contribution in [0.1, 0.15) is 5.56 Å². The van der Waals surface area contributed by atoms with Crippen LogP contribution in [0.2, 0.25) is 0 Å². The Bertz CT molecular complexity index is 929. The summed E-state index contributed by atoms with van der Waals surface area (Å²) in [6, 6.07) is 17.7. The molecule has 28 heavy (non-hydrogen) atoms. The van der Waals surface area contributed by atoms with Gasteiger partial charge in [-0.05, 0) is 17.7 Å². The van der Waals surface area contributed by atoms with Gasteiger partial charge in [0, 0.05) is 11.9 Å². The summed E-state index contributed by atoms with van der Waals surface area (Å²) in [4.78, 5) is 12.1. The number of carbonyl (C=O) groups is 1. The van der Waals surface area contributed by atoms with E-state index >= 15 is 0 Å². The molecule has 0 fully saturated rings. The second-order valence-electron chi connectivity index (χ2n) is 6.48. The average molecular weight is 395 g/mol. The van der Waals surface area contributed by atoms with Crippen molar-refractivity contribution < 1.29 is 14.3 Å². The van der Waals surface area contributed by atoms with E-state index in [1.54, 1.807) is 22.6 Å². The Balaban J connectivity index is 1.23. The standard InChI is InChI=1S/C21H21N3O3S/c25-21(15-28-14-16-6-2-1-3-7-16)23-17-10-22-24(11-17)12-18-13-26-19-8-4-5-9-20(19)27-18/h1-11,18H,12-15H2,(H,23,25)/t18-/m1/s1. The van der Waals surface area contributed by atoms with Crippen LogP contribution in [-0.2, 0) is 17.1 Å². The van der Waals surface area contributed by atoms with E-state index in [2.05, 4.69) is 22.5 Å². The monoisotopic (exact) mass is 395 g/mol. The van der Waals surface area contributed by atoms with Crippen LogP contribution in [0, 0.1) is 0 Å². The molecule has 1 atom stereocenters. The van der Waals surface area contributed by atoms with Crippen LogP contribution in [0.5, 0.6) is 11.5 Å². The zero-order chi connectivity index (χ0) is 19.2. The van der Waals surface area contributed by atoms with Gasteiger partial charge >= 0.3 is 0 Å². The highest BCUT2D eigenvalue weighted by Crippen LogP contribution is 2.31. The van der Waals surface area contributed by atoms with Crippen LogP contribution >= 0.6 is 11.8 Å².